The number of anilines is 1. The van der Waals surface area contributed by atoms with Crippen molar-refractivity contribution in [2.24, 2.45) is 0 Å². The van der Waals surface area contributed by atoms with E-state index in [2.05, 4.69) is 15.1 Å². The lowest BCUT2D eigenvalue weighted by Crippen LogP contribution is -2.49. The summed E-state index contributed by atoms with van der Waals surface area (Å²) in [6, 6.07) is 1.79. The fourth-order valence-electron chi connectivity index (χ4n) is 2.67. The maximum atomic E-state index is 12.4. The molecular formula is C15H19N5O2. The maximum absolute atomic E-state index is 12.4. The van der Waals surface area contributed by atoms with Crippen molar-refractivity contribution in [1.29, 1.82) is 0 Å². The number of rotatable bonds is 3. The van der Waals surface area contributed by atoms with Gasteiger partial charge >= 0.3 is 0 Å². The molecule has 1 aliphatic rings. The molecule has 22 heavy (non-hydrogen) atoms. The Morgan fingerprint density at radius 3 is 2.86 bits per heavy atom. The second kappa shape index (κ2) is 6.13. The van der Waals surface area contributed by atoms with Crippen LogP contribution in [0.3, 0.4) is 0 Å². The molecule has 1 aliphatic heterocycles. The summed E-state index contributed by atoms with van der Waals surface area (Å²) in [5.41, 5.74) is 1.03. The third-order valence-electron chi connectivity index (χ3n) is 3.96. The van der Waals surface area contributed by atoms with Crippen molar-refractivity contribution in [2.75, 3.05) is 25.0 Å². The van der Waals surface area contributed by atoms with Gasteiger partial charge in [0.2, 0.25) is 11.7 Å². The third kappa shape index (κ3) is 2.93. The Balaban J connectivity index is 1.70. The zero-order valence-electron chi connectivity index (χ0n) is 12.8. The largest absolute Gasteiger partial charge is 0.351 e. The van der Waals surface area contributed by atoms with Crippen molar-refractivity contribution in [3.8, 4) is 0 Å². The van der Waals surface area contributed by atoms with E-state index in [-0.39, 0.29) is 17.7 Å². The Morgan fingerprint density at radius 2 is 2.18 bits per heavy atom. The van der Waals surface area contributed by atoms with Crippen LogP contribution in [0.15, 0.2) is 29.2 Å². The Morgan fingerprint density at radius 1 is 1.41 bits per heavy atom. The quantitative estimate of drug-likeness (QED) is 0.855. The molecule has 0 radical (unpaired) electrons. The molecule has 2 aromatic rings. The lowest BCUT2D eigenvalue weighted by Gasteiger charge is -2.37. The van der Waals surface area contributed by atoms with E-state index >= 15 is 0 Å². The van der Waals surface area contributed by atoms with Gasteiger partial charge in [-0.05, 0) is 25.3 Å². The number of hydrogen-bond acceptors (Lipinski definition) is 6. The van der Waals surface area contributed by atoms with E-state index in [1.165, 1.54) is 6.20 Å². The van der Waals surface area contributed by atoms with Crippen molar-refractivity contribution >= 4 is 11.9 Å². The number of carbonyl (C=O) groups is 1. The molecule has 116 valence electrons. The summed E-state index contributed by atoms with van der Waals surface area (Å²) in [6.07, 6.45) is 7.05. The highest BCUT2D eigenvalue weighted by molar-refractivity contribution is 5.91. The van der Waals surface area contributed by atoms with Crippen molar-refractivity contribution < 1.29 is 9.32 Å². The monoisotopic (exact) mass is 301 g/mol. The van der Waals surface area contributed by atoms with Gasteiger partial charge in [0.1, 0.15) is 0 Å². The summed E-state index contributed by atoms with van der Waals surface area (Å²) >= 11 is 0. The molecule has 0 aliphatic carbocycles. The molecule has 3 heterocycles. The fraction of sp³-hybridized carbons (Fsp3) is 0.467. The molecule has 1 fully saturated rings. The zero-order chi connectivity index (χ0) is 15.5. The zero-order valence-corrected chi connectivity index (χ0v) is 12.8. The van der Waals surface area contributed by atoms with E-state index in [1.807, 2.05) is 18.9 Å². The average Bonchev–Trinajstić information content (AvgIpc) is 3.09. The summed E-state index contributed by atoms with van der Waals surface area (Å²) in [6.45, 7) is 3.33. The molecule has 0 N–H and O–H groups in total. The number of piperidine rings is 1. The molecule has 2 aromatic heterocycles. The number of nitrogens with zero attached hydrogens (tertiary/aromatic N) is 5. The van der Waals surface area contributed by atoms with Crippen LogP contribution in [-0.2, 0) is 0 Å². The van der Waals surface area contributed by atoms with Gasteiger partial charge in [0, 0.05) is 44.6 Å². The lowest BCUT2D eigenvalue weighted by molar-refractivity contribution is 0.0665. The molecule has 0 aromatic carbocycles. The maximum Gasteiger partial charge on any atom is 0.292 e. The van der Waals surface area contributed by atoms with Gasteiger partial charge in [-0.2, -0.15) is 0 Å². The van der Waals surface area contributed by atoms with Gasteiger partial charge in [-0.15, -0.1) is 0 Å². The first-order valence-electron chi connectivity index (χ1n) is 7.36. The van der Waals surface area contributed by atoms with E-state index in [9.17, 15) is 4.79 Å². The number of aromatic nitrogens is 3. The first kappa shape index (κ1) is 14.5. The molecule has 7 heteroatoms. The topological polar surface area (TPSA) is 75.4 Å². The predicted octanol–water partition coefficient (Wildman–Crippen LogP) is 1.51. The van der Waals surface area contributed by atoms with Gasteiger partial charge in [-0.3, -0.25) is 4.79 Å². The molecule has 1 amide bonds. The standard InChI is InChI=1S/C15H19N5O2/c1-11-8-16-15(17-9-11)19(2)12-4-3-7-20(10-12)14(21)13-5-6-18-22-13/h5-6,8-9,12H,3-4,7,10H2,1-2H3. The van der Waals surface area contributed by atoms with Crippen molar-refractivity contribution in [3.05, 3.63) is 36.0 Å². The van der Waals surface area contributed by atoms with E-state index < -0.39 is 0 Å². The minimum absolute atomic E-state index is 0.111. The summed E-state index contributed by atoms with van der Waals surface area (Å²) in [4.78, 5) is 24.9. The number of aryl methyl sites for hydroxylation is 1. The minimum atomic E-state index is -0.111. The Kier molecular flexibility index (Phi) is 4.04. The van der Waals surface area contributed by atoms with Gasteiger partial charge in [0.15, 0.2) is 0 Å². The second-order valence-corrected chi connectivity index (χ2v) is 5.60. The van der Waals surface area contributed by atoms with Crippen LogP contribution < -0.4 is 4.90 Å². The van der Waals surface area contributed by atoms with E-state index in [4.69, 9.17) is 4.52 Å². The highest BCUT2D eigenvalue weighted by Gasteiger charge is 2.29. The van der Waals surface area contributed by atoms with Crippen LogP contribution in [0.1, 0.15) is 29.0 Å². The van der Waals surface area contributed by atoms with Crippen molar-refractivity contribution in [2.45, 2.75) is 25.8 Å². The highest BCUT2D eigenvalue weighted by Crippen LogP contribution is 2.20. The summed E-state index contributed by atoms with van der Waals surface area (Å²) in [5.74, 6) is 0.861. The van der Waals surface area contributed by atoms with Gasteiger partial charge in [0.05, 0.1) is 6.20 Å². The van der Waals surface area contributed by atoms with Gasteiger partial charge in [0.25, 0.3) is 5.91 Å². The first-order chi connectivity index (χ1) is 10.6. The van der Waals surface area contributed by atoms with Crippen LogP contribution in [0.5, 0.6) is 0 Å². The number of hydrogen-bond donors (Lipinski definition) is 0. The smallest absolute Gasteiger partial charge is 0.292 e. The predicted molar refractivity (Wildman–Crippen MR) is 80.6 cm³/mol. The number of likely N-dealkylation sites (tertiary alicyclic amines) is 1. The van der Waals surface area contributed by atoms with Gasteiger partial charge < -0.3 is 14.3 Å². The molecule has 0 bridgehead atoms. The Hall–Kier alpha value is -2.44. The number of carbonyl (C=O) groups excluding carboxylic acids is 1. The molecule has 1 unspecified atom stereocenters. The molecule has 3 rings (SSSR count). The van der Waals surface area contributed by atoms with Crippen LogP contribution in [-0.4, -0.2) is 52.1 Å². The summed E-state index contributed by atoms with van der Waals surface area (Å²) < 4.78 is 4.96. The molecule has 1 atom stereocenters. The van der Waals surface area contributed by atoms with Crippen LogP contribution >= 0.6 is 0 Å². The van der Waals surface area contributed by atoms with Crippen LogP contribution in [0.25, 0.3) is 0 Å². The fourth-order valence-corrected chi connectivity index (χ4v) is 2.67. The first-order valence-corrected chi connectivity index (χ1v) is 7.36. The van der Waals surface area contributed by atoms with Crippen LogP contribution in [0, 0.1) is 6.92 Å². The SMILES string of the molecule is Cc1cnc(N(C)C2CCCN(C(=O)c3ccno3)C2)nc1. The number of likely N-dealkylation sites (N-methyl/N-ethyl adjacent to an activating group) is 1. The van der Waals surface area contributed by atoms with Crippen LogP contribution in [0.4, 0.5) is 5.95 Å². The van der Waals surface area contributed by atoms with Gasteiger partial charge in [-0.25, -0.2) is 9.97 Å². The van der Waals surface area contributed by atoms with E-state index in [1.54, 1.807) is 23.4 Å². The minimum Gasteiger partial charge on any atom is -0.351 e. The molecular weight excluding hydrogens is 282 g/mol. The van der Waals surface area contributed by atoms with Gasteiger partial charge in [-0.1, -0.05) is 5.16 Å². The van der Waals surface area contributed by atoms with E-state index in [0.29, 0.717) is 12.5 Å². The third-order valence-corrected chi connectivity index (χ3v) is 3.96. The molecule has 0 saturated carbocycles. The molecule has 7 nitrogen and oxygen atoms in total. The molecule has 0 spiro atoms. The summed E-state index contributed by atoms with van der Waals surface area (Å²) in [5, 5.41) is 3.60. The Labute approximate surface area is 128 Å². The van der Waals surface area contributed by atoms with Crippen molar-refractivity contribution in [1.82, 2.24) is 20.0 Å². The molecule has 1 saturated heterocycles. The Bertz CT molecular complexity index is 626. The van der Waals surface area contributed by atoms with Crippen LogP contribution in [0.2, 0.25) is 0 Å². The number of amides is 1. The second-order valence-electron chi connectivity index (χ2n) is 5.60. The summed E-state index contributed by atoms with van der Waals surface area (Å²) in [7, 11) is 1.97. The van der Waals surface area contributed by atoms with Crippen molar-refractivity contribution in [3.63, 3.8) is 0 Å². The average molecular weight is 301 g/mol. The van der Waals surface area contributed by atoms with E-state index in [0.717, 1.165) is 24.9 Å². The lowest BCUT2D eigenvalue weighted by atomic mass is 10.0. The normalized spacial score (nSPS) is 18.3. The highest BCUT2D eigenvalue weighted by atomic mass is 16.5.